The van der Waals surface area contributed by atoms with E-state index in [1.165, 1.54) is 0 Å². The molecule has 2 aromatic heterocycles. The van der Waals surface area contributed by atoms with E-state index in [1.54, 1.807) is 6.20 Å². The monoisotopic (exact) mass is 333 g/mol. The van der Waals surface area contributed by atoms with Crippen molar-refractivity contribution in [2.24, 2.45) is 5.84 Å². The van der Waals surface area contributed by atoms with Crippen molar-refractivity contribution in [2.75, 3.05) is 10.7 Å². The number of aromatic nitrogens is 4. The number of hydrogen-bond donors (Lipinski definition) is 4. The number of fused-ring (bicyclic) bond motifs is 1. The Bertz CT molecular complexity index is 768. The number of nitrogens with two attached hydrogens (primary N) is 1. The maximum atomic E-state index is 5.38. The molecule has 7 nitrogen and oxygen atoms in total. The van der Waals surface area contributed by atoms with Gasteiger partial charge < -0.3 is 5.32 Å². The second-order valence-corrected chi connectivity index (χ2v) is 5.06. The fraction of sp³-hybridized carbons (Fsp3) is 0.0833. The fourth-order valence-corrected chi connectivity index (χ4v) is 2.23. The standard InChI is InChI=1S/C12H12BrN7/c1-6-8(13)3-2-4-9(6)16-10-7-5-15-20-11(7)18-12(17-10)19-14/h2-5H,14H2,1H3,(H3,15,16,17,18,19,20). The molecule has 0 aliphatic carbocycles. The minimum absolute atomic E-state index is 0.317. The van der Waals surface area contributed by atoms with E-state index in [4.69, 9.17) is 5.84 Å². The lowest BCUT2D eigenvalue weighted by molar-refractivity contribution is 1.08. The summed E-state index contributed by atoms with van der Waals surface area (Å²) in [4.78, 5) is 8.51. The number of nitrogens with one attached hydrogen (secondary N) is 3. The number of benzene rings is 1. The number of hydrogen-bond acceptors (Lipinski definition) is 6. The molecule has 0 atom stereocenters. The molecule has 3 rings (SSSR count). The van der Waals surface area contributed by atoms with Crippen LogP contribution in [0, 0.1) is 6.92 Å². The van der Waals surface area contributed by atoms with Gasteiger partial charge in [-0.3, -0.25) is 10.5 Å². The van der Waals surface area contributed by atoms with Crippen LogP contribution in [-0.2, 0) is 0 Å². The first-order valence-corrected chi connectivity index (χ1v) is 6.68. The highest BCUT2D eigenvalue weighted by molar-refractivity contribution is 9.10. The van der Waals surface area contributed by atoms with Crippen molar-refractivity contribution in [1.82, 2.24) is 20.2 Å². The Hall–Kier alpha value is -2.19. The summed E-state index contributed by atoms with van der Waals surface area (Å²) >= 11 is 3.51. The van der Waals surface area contributed by atoms with Crippen LogP contribution < -0.4 is 16.6 Å². The number of hydrazine groups is 1. The SMILES string of the molecule is Cc1c(Br)cccc1Nc1nc(NN)nc2[nH]ncc12. The van der Waals surface area contributed by atoms with E-state index in [1.807, 2.05) is 25.1 Å². The van der Waals surface area contributed by atoms with Crippen LogP contribution in [0.25, 0.3) is 11.0 Å². The van der Waals surface area contributed by atoms with E-state index in [2.05, 4.69) is 46.8 Å². The number of nitrogens with zero attached hydrogens (tertiary/aromatic N) is 3. The van der Waals surface area contributed by atoms with E-state index in [9.17, 15) is 0 Å². The zero-order valence-corrected chi connectivity index (χ0v) is 12.2. The van der Waals surface area contributed by atoms with Crippen LogP contribution in [0.2, 0.25) is 0 Å². The third kappa shape index (κ3) is 2.19. The number of rotatable bonds is 3. The molecular weight excluding hydrogens is 322 g/mol. The van der Waals surface area contributed by atoms with Crippen molar-refractivity contribution in [3.8, 4) is 0 Å². The lowest BCUT2D eigenvalue weighted by Crippen LogP contribution is -2.11. The first kappa shape index (κ1) is 12.8. The molecule has 0 aliphatic heterocycles. The maximum Gasteiger partial charge on any atom is 0.241 e. The van der Waals surface area contributed by atoms with Crippen LogP contribution >= 0.6 is 15.9 Å². The molecule has 0 saturated heterocycles. The first-order valence-electron chi connectivity index (χ1n) is 5.89. The first-order chi connectivity index (χ1) is 9.69. The molecule has 2 heterocycles. The van der Waals surface area contributed by atoms with Gasteiger partial charge in [-0.1, -0.05) is 22.0 Å². The Balaban J connectivity index is 2.10. The minimum atomic E-state index is 0.317. The highest BCUT2D eigenvalue weighted by Crippen LogP contribution is 2.28. The summed E-state index contributed by atoms with van der Waals surface area (Å²) in [6, 6.07) is 5.92. The normalized spacial score (nSPS) is 10.8. The van der Waals surface area contributed by atoms with Crippen LogP contribution in [0.15, 0.2) is 28.9 Å². The molecule has 5 N–H and O–H groups in total. The van der Waals surface area contributed by atoms with Crippen LogP contribution in [0.5, 0.6) is 0 Å². The van der Waals surface area contributed by atoms with E-state index in [-0.39, 0.29) is 0 Å². The molecule has 20 heavy (non-hydrogen) atoms. The molecule has 102 valence electrons. The second-order valence-electron chi connectivity index (χ2n) is 4.21. The van der Waals surface area contributed by atoms with Gasteiger partial charge in [0.15, 0.2) is 5.65 Å². The zero-order chi connectivity index (χ0) is 14.1. The number of anilines is 3. The van der Waals surface area contributed by atoms with Gasteiger partial charge in [-0.25, -0.2) is 5.84 Å². The molecular formula is C12H12BrN7. The number of H-pyrrole nitrogens is 1. The van der Waals surface area contributed by atoms with Gasteiger partial charge in [0, 0.05) is 10.2 Å². The van der Waals surface area contributed by atoms with Gasteiger partial charge in [0.1, 0.15) is 5.82 Å². The van der Waals surface area contributed by atoms with Gasteiger partial charge in [-0.2, -0.15) is 15.1 Å². The fourth-order valence-electron chi connectivity index (χ4n) is 1.87. The molecule has 0 spiro atoms. The molecule has 0 amide bonds. The lowest BCUT2D eigenvalue weighted by atomic mass is 10.2. The van der Waals surface area contributed by atoms with Crippen LogP contribution in [0.1, 0.15) is 5.56 Å². The van der Waals surface area contributed by atoms with E-state index in [0.29, 0.717) is 17.4 Å². The van der Waals surface area contributed by atoms with E-state index in [0.717, 1.165) is 21.1 Å². The third-order valence-electron chi connectivity index (χ3n) is 2.96. The van der Waals surface area contributed by atoms with Gasteiger partial charge >= 0.3 is 0 Å². The topological polar surface area (TPSA) is 105 Å². The largest absolute Gasteiger partial charge is 0.339 e. The Labute approximate surface area is 123 Å². The molecule has 1 aromatic carbocycles. The summed E-state index contributed by atoms with van der Waals surface area (Å²) in [5.74, 6) is 6.33. The Morgan fingerprint density at radius 2 is 2.15 bits per heavy atom. The average Bonchev–Trinajstić information content (AvgIpc) is 2.92. The van der Waals surface area contributed by atoms with Gasteiger partial charge in [-0.15, -0.1) is 0 Å². The summed E-state index contributed by atoms with van der Waals surface area (Å²) < 4.78 is 1.03. The van der Waals surface area contributed by atoms with Crippen molar-refractivity contribution >= 4 is 44.4 Å². The number of halogens is 1. The highest BCUT2D eigenvalue weighted by atomic mass is 79.9. The molecule has 0 fully saturated rings. The average molecular weight is 334 g/mol. The predicted molar refractivity (Wildman–Crippen MR) is 81.7 cm³/mol. The molecule has 8 heteroatoms. The Morgan fingerprint density at radius 3 is 2.95 bits per heavy atom. The number of nitrogen functional groups attached to an aromatic ring is 1. The molecule has 0 radical (unpaired) electrons. The minimum Gasteiger partial charge on any atom is -0.339 e. The summed E-state index contributed by atoms with van der Waals surface area (Å²) in [6.45, 7) is 2.02. The van der Waals surface area contributed by atoms with Crippen molar-refractivity contribution in [2.45, 2.75) is 6.92 Å². The summed E-state index contributed by atoms with van der Waals surface area (Å²) in [7, 11) is 0. The van der Waals surface area contributed by atoms with Crippen LogP contribution in [0.4, 0.5) is 17.5 Å². The molecule has 3 aromatic rings. The maximum absolute atomic E-state index is 5.38. The summed E-state index contributed by atoms with van der Waals surface area (Å²) in [5, 5.41) is 10.8. The molecule has 0 bridgehead atoms. The van der Waals surface area contributed by atoms with Crippen molar-refractivity contribution in [3.63, 3.8) is 0 Å². The Kier molecular flexibility index (Phi) is 3.25. The smallest absolute Gasteiger partial charge is 0.241 e. The van der Waals surface area contributed by atoms with Crippen LogP contribution in [-0.4, -0.2) is 20.2 Å². The quantitative estimate of drug-likeness (QED) is 0.433. The zero-order valence-electron chi connectivity index (χ0n) is 10.6. The third-order valence-corrected chi connectivity index (χ3v) is 3.82. The molecule has 0 unspecified atom stereocenters. The van der Waals surface area contributed by atoms with Crippen molar-refractivity contribution in [3.05, 3.63) is 34.4 Å². The molecule has 0 saturated carbocycles. The van der Waals surface area contributed by atoms with E-state index < -0.39 is 0 Å². The second kappa shape index (κ2) is 5.06. The number of aromatic amines is 1. The van der Waals surface area contributed by atoms with Gasteiger partial charge in [-0.05, 0) is 24.6 Å². The van der Waals surface area contributed by atoms with Gasteiger partial charge in [0.25, 0.3) is 0 Å². The van der Waals surface area contributed by atoms with Crippen molar-refractivity contribution < 1.29 is 0 Å². The summed E-state index contributed by atoms with van der Waals surface area (Å²) in [6.07, 6.45) is 1.67. The summed E-state index contributed by atoms with van der Waals surface area (Å²) in [5.41, 5.74) is 5.09. The molecule has 0 aliphatic rings. The highest BCUT2D eigenvalue weighted by Gasteiger charge is 2.10. The van der Waals surface area contributed by atoms with Gasteiger partial charge in [0.2, 0.25) is 5.95 Å². The van der Waals surface area contributed by atoms with Crippen LogP contribution in [0.3, 0.4) is 0 Å². The van der Waals surface area contributed by atoms with E-state index >= 15 is 0 Å². The predicted octanol–water partition coefficient (Wildman–Crippen LogP) is 2.45. The van der Waals surface area contributed by atoms with Gasteiger partial charge in [0.05, 0.1) is 11.6 Å². The van der Waals surface area contributed by atoms with Crippen molar-refractivity contribution in [1.29, 1.82) is 0 Å². The Morgan fingerprint density at radius 1 is 1.30 bits per heavy atom. The lowest BCUT2D eigenvalue weighted by Gasteiger charge is -2.11.